The minimum Gasteiger partial charge on any atom is -0.379 e. The number of hydrogen-bond donors (Lipinski definition) is 3. The van der Waals surface area contributed by atoms with Crippen LogP contribution in [0.2, 0.25) is 0 Å². The largest absolute Gasteiger partial charge is 0.379 e. The molecule has 7 nitrogen and oxygen atoms in total. The van der Waals surface area contributed by atoms with E-state index >= 15 is 0 Å². The second-order valence-corrected chi connectivity index (χ2v) is 5.99. The normalized spacial score (nSPS) is 13.0. The highest BCUT2D eigenvalue weighted by atomic mass is 19.1. The number of halogens is 1. The zero-order valence-corrected chi connectivity index (χ0v) is 14.0. The number of benzene rings is 2. The van der Waals surface area contributed by atoms with Gasteiger partial charge >= 0.3 is 0 Å². The molecule has 0 radical (unpaired) electrons. The van der Waals surface area contributed by atoms with Crippen LogP contribution in [0, 0.1) is 15.9 Å². The molecule has 0 unspecified atom stereocenters. The van der Waals surface area contributed by atoms with Crippen LogP contribution in [0.3, 0.4) is 0 Å². The van der Waals surface area contributed by atoms with Gasteiger partial charge in [-0.25, -0.2) is 4.39 Å². The summed E-state index contributed by atoms with van der Waals surface area (Å²) in [6, 6.07) is 9.59. The Morgan fingerprint density at radius 2 is 2.04 bits per heavy atom. The van der Waals surface area contributed by atoms with E-state index in [4.69, 9.17) is 0 Å². The minimum absolute atomic E-state index is 0.0535. The number of carbonyl (C=O) groups excluding carboxylic acids is 1. The molecule has 26 heavy (non-hydrogen) atoms. The summed E-state index contributed by atoms with van der Waals surface area (Å²) in [6.45, 7) is 1.54. The van der Waals surface area contributed by atoms with Gasteiger partial charge in [-0.05, 0) is 36.2 Å². The van der Waals surface area contributed by atoms with Crippen LogP contribution in [0.4, 0.5) is 21.5 Å². The van der Waals surface area contributed by atoms with Gasteiger partial charge in [-0.15, -0.1) is 0 Å². The predicted octanol–water partition coefficient (Wildman–Crippen LogP) is 2.82. The van der Waals surface area contributed by atoms with Gasteiger partial charge in [0.15, 0.2) is 0 Å². The van der Waals surface area contributed by atoms with E-state index in [0.717, 1.165) is 5.56 Å². The van der Waals surface area contributed by atoms with Crippen molar-refractivity contribution >= 4 is 23.0 Å². The summed E-state index contributed by atoms with van der Waals surface area (Å²) >= 11 is 0. The third-order valence-electron chi connectivity index (χ3n) is 4.25. The molecule has 0 fully saturated rings. The van der Waals surface area contributed by atoms with Gasteiger partial charge in [0.05, 0.1) is 10.6 Å². The van der Waals surface area contributed by atoms with E-state index in [0.29, 0.717) is 30.8 Å². The van der Waals surface area contributed by atoms with E-state index in [1.165, 1.54) is 6.07 Å². The number of carbonyl (C=O) groups is 1. The van der Waals surface area contributed by atoms with Crippen molar-refractivity contribution in [2.24, 2.45) is 0 Å². The molecule has 0 atom stereocenters. The number of nitrogens with one attached hydrogen (secondary N) is 3. The SMILES string of the molecule is O=C(CCNc1ccccc1[N+](=O)[O-])Nc1ccc2c(c1F)CCNC2. The summed E-state index contributed by atoms with van der Waals surface area (Å²) in [5.41, 5.74) is 2.01. The standard InChI is InChI=1S/C18H19FN4O3/c19-18-13-7-9-20-11-12(13)5-6-15(18)22-17(24)8-10-21-14-3-1-2-4-16(14)23(25)26/h1-6,20-21H,7-11H2,(H,22,24). The van der Waals surface area contributed by atoms with E-state index in [1.807, 2.05) is 6.07 Å². The molecule has 0 spiro atoms. The number of nitro groups is 1. The van der Waals surface area contributed by atoms with E-state index in [2.05, 4.69) is 16.0 Å². The average molecular weight is 358 g/mol. The van der Waals surface area contributed by atoms with Crippen molar-refractivity contribution in [3.05, 3.63) is 63.5 Å². The molecule has 3 N–H and O–H groups in total. The van der Waals surface area contributed by atoms with Gasteiger partial charge < -0.3 is 16.0 Å². The van der Waals surface area contributed by atoms with Gasteiger partial charge in [-0.1, -0.05) is 18.2 Å². The molecular weight excluding hydrogens is 339 g/mol. The summed E-state index contributed by atoms with van der Waals surface area (Å²) in [6.07, 6.45) is 0.647. The van der Waals surface area contributed by atoms with Gasteiger partial charge in [0, 0.05) is 25.6 Å². The summed E-state index contributed by atoms with van der Waals surface area (Å²) in [5.74, 6) is -0.743. The minimum atomic E-state index is -0.486. The Balaban J connectivity index is 1.58. The van der Waals surface area contributed by atoms with Crippen LogP contribution in [0.1, 0.15) is 17.5 Å². The van der Waals surface area contributed by atoms with Crippen LogP contribution >= 0.6 is 0 Å². The fraction of sp³-hybridized carbons (Fsp3) is 0.278. The molecule has 2 aromatic rings. The topological polar surface area (TPSA) is 96.3 Å². The first-order valence-electron chi connectivity index (χ1n) is 8.34. The van der Waals surface area contributed by atoms with Gasteiger partial charge in [0.25, 0.3) is 5.69 Å². The van der Waals surface area contributed by atoms with Crippen LogP contribution < -0.4 is 16.0 Å². The van der Waals surface area contributed by atoms with E-state index in [1.54, 1.807) is 24.3 Å². The van der Waals surface area contributed by atoms with Crippen LogP contribution in [-0.4, -0.2) is 23.9 Å². The Bertz CT molecular complexity index is 841. The number of para-hydroxylation sites is 2. The first-order valence-corrected chi connectivity index (χ1v) is 8.34. The maximum atomic E-state index is 14.5. The lowest BCUT2D eigenvalue weighted by atomic mass is 9.99. The Morgan fingerprint density at radius 1 is 1.23 bits per heavy atom. The Labute approximate surface area is 149 Å². The van der Waals surface area contributed by atoms with Crippen molar-refractivity contribution in [1.29, 1.82) is 0 Å². The molecule has 1 aliphatic rings. The monoisotopic (exact) mass is 358 g/mol. The van der Waals surface area contributed by atoms with E-state index in [-0.39, 0.29) is 36.1 Å². The second-order valence-electron chi connectivity index (χ2n) is 5.99. The molecule has 8 heteroatoms. The lowest BCUT2D eigenvalue weighted by Gasteiger charge is -2.19. The van der Waals surface area contributed by atoms with Crippen molar-refractivity contribution in [3.63, 3.8) is 0 Å². The van der Waals surface area contributed by atoms with Gasteiger partial charge in [0.1, 0.15) is 11.5 Å². The number of anilines is 2. The molecule has 136 valence electrons. The van der Waals surface area contributed by atoms with E-state index in [9.17, 15) is 19.3 Å². The second kappa shape index (κ2) is 7.92. The molecule has 0 bridgehead atoms. The van der Waals surface area contributed by atoms with Crippen molar-refractivity contribution in [3.8, 4) is 0 Å². The summed E-state index contributed by atoms with van der Waals surface area (Å²) in [4.78, 5) is 22.5. The average Bonchev–Trinajstić information content (AvgIpc) is 2.64. The van der Waals surface area contributed by atoms with Crippen LogP contribution in [0.15, 0.2) is 36.4 Å². The Morgan fingerprint density at radius 3 is 2.85 bits per heavy atom. The van der Waals surface area contributed by atoms with Crippen molar-refractivity contribution < 1.29 is 14.1 Å². The lowest BCUT2D eigenvalue weighted by Crippen LogP contribution is -2.25. The first kappa shape index (κ1) is 17.8. The third kappa shape index (κ3) is 3.97. The zero-order chi connectivity index (χ0) is 18.5. The molecular formula is C18H19FN4O3. The van der Waals surface area contributed by atoms with Crippen LogP contribution in [0.25, 0.3) is 0 Å². The third-order valence-corrected chi connectivity index (χ3v) is 4.25. The molecule has 1 aliphatic heterocycles. The summed E-state index contributed by atoms with van der Waals surface area (Å²) in [7, 11) is 0. The molecule has 0 saturated heterocycles. The Hall–Kier alpha value is -3.00. The number of nitrogens with zero attached hydrogens (tertiary/aromatic N) is 1. The molecule has 0 aliphatic carbocycles. The number of rotatable bonds is 6. The molecule has 1 heterocycles. The quantitative estimate of drug-likeness (QED) is 0.545. The zero-order valence-electron chi connectivity index (χ0n) is 14.0. The molecule has 0 aromatic heterocycles. The highest BCUT2D eigenvalue weighted by Crippen LogP contribution is 2.25. The summed E-state index contributed by atoms with van der Waals surface area (Å²) < 4.78 is 14.5. The number of hydrogen-bond acceptors (Lipinski definition) is 5. The van der Waals surface area contributed by atoms with Gasteiger partial charge in [-0.2, -0.15) is 0 Å². The smallest absolute Gasteiger partial charge is 0.292 e. The number of nitro benzene ring substituents is 1. The Kier molecular flexibility index (Phi) is 5.43. The van der Waals surface area contributed by atoms with Crippen LogP contribution in [0.5, 0.6) is 0 Å². The molecule has 3 rings (SSSR count). The van der Waals surface area contributed by atoms with Gasteiger partial charge in [-0.3, -0.25) is 14.9 Å². The fourth-order valence-corrected chi connectivity index (χ4v) is 2.94. The van der Waals surface area contributed by atoms with Gasteiger partial charge in [0.2, 0.25) is 5.91 Å². The maximum Gasteiger partial charge on any atom is 0.292 e. The van der Waals surface area contributed by atoms with Crippen molar-refractivity contribution in [2.45, 2.75) is 19.4 Å². The maximum absolute atomic E-state index is 14.5. The predicted molar refractivity (Wildman–Crippen MR) is 96.6 cm³/mol. The summed E-state index contributed by atoms with van der Waals surface area (Å²) in [5, 5.41) is 19.6. The lowest BCUT2D eigenvalue weighted by molar-refractivity contribution is -0.384. The van der Waals surface area contributed by atoms with Crippen LogP contribution in [-0.2, 0) is 17.8 Å². The van der Waals surface area contributed by atoms with Crippen molar-refractivity contribution in [1.82, 2.24) is 5.32 Å². The number of fused-ring (bicyclic) bond motifs is 1. The van der Waals surface area contributed by atoms with Crippen molar-refractivity contribution in [2.75, 3.05) is 23.7 Å². The molecule has 0 saturated carbocycles. The fourth-order valence-electron chi connectivity index (χ4n) is 2.94. The number of amides is 1. The first-order chi connectivity index (χ1) is 12.6. The molecule has 1 amide bonds. The highest BCUT2D eigenvalue weighted by Gasteiger charge is 2.17. The molecule has 2 aromatic carbocycles. The van der Waals surface area contributed by atoms with E-state index < -0.39 is 4.92 Å². The highest BCUT2D eigenvalue weighted by molar-refractivity contribution is 5.91.